The molecule has 0 aliphatic carbocycles. The zero-order valence-corrected chi connectivity index (χ0v) is 17.9. The molecule has 0 unspecified atom stereocenters. The largest absolute Gasteiger partial charge is 0.496 e. The summed E-state index contributed by atoms with van der Waals surface area (Å²) in [4.78, 5) is 0. The zero-order chi connectivity index (χ0) is 18.1. The van der Waals surface area contributed by atoms with Crippen molar-refractivity contribution >= 4 is 28.3 Å². The number of hydrogen-bond acceptors (Lipinski definition) is 4. The Kier molecular flexibility index (Phi) is 10.5. The van der Waals surface area contributed by atoms with Gasteiger partial charge in [0.25, 0.3) is 0 Å². The van der Waals surface area contributed by atoms with Gasteiger partial charge in [0, 0.05) is 6.54 Å². The predicted octanol–water partition coefficient (Wildman–Crippen LogP) is 5.01. The van der Waals surface area contributed by atoms with Gasteiger partial charge in [-0.05, 0) is 72.1 Å². The average molecular weight is 445 g/mol. The van der Waals surface area contributed by atoms with Crippen molar-refractivity contribution < 1.29 is 14.2 Å². The van der Waals surface area contributed by atoms with Gasteiger partial charge in [-0.15, -0.1) is 12.4 Å². The van der Waals surface area contributed by atoms with Crippen molar-refractivity contribution in [1.29, 1.82) is 0 Å². The van der Waals surface area contributed by atoms with E-state index in [1.807, 2.05) is 38.1 Å². The molecule has 4 nitrogen and oxygen atoms in total. The molecule has 0 amide bonds. The molecular weight excluding hydrogens is 418 g/mol. The molecule has 144 valence electrons. The highest BCUT2D eigenvalue weighted by Gasteiger charge is 2.11. The first-order valence-corrected chi connectivity index (χ1v) is 9.39. The molecule has 0 bridgehead atoms. The molecule has 0 heterocycles. The summed E-state index contributed by atoms with van der Waals surface area (Å²) < 4.78 is 17.7. The van der Waals surface area contributed by atoms with E-state index in [0.29, 0.717) is 13.2 Å². The van der Waals surface area contributed by atoms with Crippen LogP contribution in [0.5, 0.6) is 17.2 Å². The molecule has 0 atom stereocenters. The van der Waals surface area contributed by atoms with E-state index in [1.165, 1.54) is 5.56 Å². The first-order chi connectivity index (χ1) is 12.2. The molecule has 2 aromatic rings. The van der Waals surface area contributed by atoms with Gasteiger partial charge in [0.1, 0.15) is 5.75 Å². The standard InChI is InChI=1S/C20H26BrNO3.ClH/c1-4-24-19-13-15(12-17(21)20(19)25-5-2)14-22-11-10-16-8-6-7-9-18(16)23-3;/h6-9,12-13,22H,4-5,10-11,14H2,1-3H3;1H. The zero-order valence-electron chi connectivity index (χ0n) is 15.5. The Labute approximate surface area is 170 Å². The van der Waals surface area contributed by atoms with Crippen LogP contribution in [0.1, 0.15) is 25.0 Å². The summed E-state index contributed by atoms with van der Waals surface area (Å²) in [6, 6.07) is 12.2. The summed E-state index contributed by atoms with van der Waals surface area (Å²) in [6.07, 6.45) is 0.917. The van der Waals surface area contributed by atoms with Gasteiger partial charge in [-0.25, -0.2) is 0 Å². The number of rotatable bonds is 10. The van der Waals surface area contributed by atoms with Gasteiger partial charge in [-0.2, -0.15) is 0 Å². The minimum absolute atomic E-state index is 0. The molecule has 0 aliphatic heterocycles. The van der Waals surface area contributed by atoms with Crippen LogP contribution in [0.3, 0.4) is 0 Å². The number of methoxy groups -OCH3 is 1. The molecule has 0 radical (unpaired) electrons. The van der Waals surface area contributed by atoms with E-state index in [-0.39, 0.29) is 12.4 Å². The molecule has 0 saturated heterocycles. The number of hydrogen-bond donors (Lipinski definition) is 1. The van der Waals surface area contributed by atoms with Gasteiger partial charge >= 0.3 is 0 Å². The van der Waals surface area contributed by atoms with Crippen LogP contribution < -0.4 is 19.5 Å². The number of benzene rings is 2. The summed E-state index contributed by atoms with van der Waals surface area (Å²) in [5.41, 5.74) is 2.36. The fourth-order valence-corrected chi connectivity index (χ4v) is 3.24. The summed E-state index contributed by atoms with van der Waals surface area (Å²) in [5.74, 6) is 2.48. The van der Waals surface area contributed by atoms with Crippen LogP contribution in [0, 0.1) is 0 Å². The van der Waals surface area contributed by atoms with Crippen molar-refractivity contribution in [3.63, 3.8) is 0 Å². The van der Waals surface area contributed by atoms with Crippen molar-refractivity contribution in [3.05, 3.63) is 52.0 Å². The van der Waals surface area contributed by atoms with E-state index < -0.39 is 0 Å². The molecule has 1 N–H and O–H groups in total. The normalized spacial score (nSPS) is 10.2. The fraction of sp³-hybridized carbons (Fsp3) is 0.400. The highest BCUT2D eigenvalue weighted by Crippen LogP contribution is 2.36. The van der Waals surface area contributed by atoms with Gasteiger partial charge in [0.05, 0.1) is 24.8 Å². The molecule has 26 heavy (non-hydrogen) atoms. The second-order valence-corrected chi connectivity index (χ2v) is 6.36. The number of ether oxygens (including phenoxy) is 3. The quantitative estimate of drug-likeness (QED) is 0.523. The van der Waals surface area contributed by atoms with Crippen molar-refractivity contribution in [3.8, 4) is 17.2 Å². The lowest BCUT2D eigenvalue weighted by Crippen LogP contribution is -2.17. The van der Waals surface area contributed by atoms with Crippen molar-refractivity contribution in [2.45, 2.75) is 26.8 Å². The van der Waals surface area contributed by atoms with Crippen molar-refractivity contribution in [1.82, 2.24) is 5.32 Å². The number of halogens is 2. The monoisotopic (exact) mass is 443 g/mol. The Morgan fingerprint density at radius 3 is 2.42 bits per heavy atom. The Morgan fingerprint density at radius 2 is 1.73 bits per heavy atom. The molecule has 0 aliphatic rings. The van der Waals surface area contributed by atoms with E-state index in [0.717, 1.165) is 46.8 Å². The van der Waals surface area contributed by atoms with Gasteiger partial charge in [0.15, 0.2) is 11.5 Å². The molecule has 0 fully saturated rings. The third kappa shape index (κ3) is 6.38. The van der Waals surface area contributed by atoms with Gasteiger partial charge in [0.2, 0.25) is 0 Å². The molecule has 0 spiro atoms. The van der Waals surface area contributed by atoms with Crippen molar-refractivity contribution in [2.75, 3.05) is 26.9 Å². The molecule has 6 heteroatoms. The lowest BCUT2D eigenvalue weighted by molar-refractivity contribution is 0.286. The smallest absolute Gasteiger partial charge is 0.175 e. The summed E-state index contributed by atoms with van der Waals surface area (Å²) in [7, 11) is 1.71. The Balaban J connectivity index is 0.00000338. The highest BCUT2D eigenvalue weighted by atomic mass is 79.9. The maximum Gasteiger partial charge on any atom is 0.175 e. The second kappa shape index (κ2) is 12.0. The van der Waals surface area contributed by atoms with Crippen LogP contribution in [0.25, 0.3) is 0 Å². The Morgan fingerprint density at radius 1 is 1.00 bits per heavy atom. The van der Waals surface area contributed by atoms with Crippen LogP contribution in [0.2, 0.25) is 0 Å². The lowest BCUT2D eigenvalue weighted by Gasteiger charge is -2.15. The maximum absolute atomic E-state index is 5.72. The molecular formula is C20H27BrClNO3. The van der Waals surface area contributed by atoms with Gasteiger partial charge in [-0.3, -0.25) is 0 Å². The second-order valence-electron chi connectivity index (χ2n) is 5.51. The Hall–Kier alpha value is -1.43. The molecule has 0 saturated carbocycles. The first kappa shape index (κ1) is 22.6. The van der Waals surface area contributed by atoms with E-state index in [9.17, 15) is 0 Å². The summed E-state index contributed by atoms with van der Waals surface area (Å²) in [6.45, 7) is 6.79. The average Bonchev–Trinajstić information content (AvgIpc) is 2.62. The first-order valence-electron chi connectivity index (χ1n) is 8.60. The third-order valence-electron chi connectivity index (χ3n) is 3.75. The van der Waals surface area contributed by atoms with Gasteiger partial charge in [-0.1, -0.05) is 18.2 Å². The van der Waals surface area contributed by atoms with Crippen LogP contribution >= 0.6 is 28.3 Å². The van der Waals surface area contributed by atoms with E-state index in [2.05, 4.69) is 33.4 Å². The number of nitrogens with one attached hydrogen (secondary N) is 1. The van der Waals surface area contributed by atoms with E-state index in [4.69, 9.17) is 14.2 Å². The highest BCUT2D eigenvalue weighted by molar-refractivity contribution is 9.10. The third-order valence-corrected chi connectivity index (χ3v) is 4.34. The van der Waals surface area contributed by atoms with E-state index >= 15 is 0 Å². The predicted molar refractivity (Wildman–Crippen MR) is 112 cm³/mol. The minimum Gasteiger partial charge on any atom is -0.496 e. The Bertz CT molecular complexity index is 682. The molecule has 2 aromatic carbocycles. The van der Waals surface area contributed by atoms with Crippen LogP contribution in [-0.2, 0) is 13.0 Å². The van der Waals surface area contributed by atoms with Crippen LogP contribution in [-0.4, -0.2) is 26.9 Å². The SMILES string of the molecule is CCOc1cc(CNCCc2ccccc2OC)cc(Br)c1OCC.Cl. The van der Waals surface area contributed by atoms with Crippen LogP contribution in [0.4, 0.5) is 0 Å². The fourth-order valence-electron chi connectivity index (χ4n) is 2.64. The summed E-state index contributed by atoms with van der Waals surface area (Å²) in [5, 5.41) is 3.48. The van der Waals surface area contributed by atoms with E-state index in [1.54, 1.807) is 7.11 Å². The molecule has 2 rings (SSSR count). The number of para-hydroxylation sites is 1. The maximum atomic E-state index is 5.72. The minimum atomic E-state index is 0. The van der Waals surface area contributed by atoms with Gasteiger partial charge < -0.3 is 19.5 Å². The molecule has 0 aromatic heterocycles. The summed E-state index contributed by atoms with van der Waals surface area (Å²) >= 11 is 3.58. The lowest BCUT2D eigenvalue weighted by atomic mass is 10.1. The van der Waals surface area contributed by atoms with Crippen LogP contribution in [0.15, 0.2) is 40.9 Å². The van der Waals surface area contributed by atoms with Crippen molar-refractivity contribution in [2.24, 2.45) is 0 Å². The topological polar surface area (TPSA) is 39.7 Å².